The molecule has 3 amide bonds. The number of carboxylic acid groups (broad SMARTS) is 4. The van der Waals surface area contributed by atoms with Crippen LogP contribution in [0.25, 0.3) is 0 Å². The lowest BCUT2D eigenvalue weighted by Crippen LogP contribution is -2.50. The maximum absolute atomic E-state index is 12.9. The highest BCUT2D eigenvalue weighted by molar-refractivity contribution is 8.04. The summed E-state index contributed by atoms with van der Waals surface area (Å²) in [6.45, 7) is 2.26. The Labute approximate surface area is 263 Å². The van der Waals surface area contributed by atoms with Crippen LogP contribution in [0.4, 0.5) is 0 Å². The SMILES string of the molecule is CC1=C(SC[C@H](N)C(=O)O)C(=O)N(CCNC(=O)CN2CCN(CC(=O)O)CCN(CC(=O)O)CCN(CC(=O)O)CC2)C1=O. The average molecular weight is 660 g/mol. The predicted octanol–water partition coefficient (Wildman–Crippen LogP) is -3.63. The van der Waals surface area contributed by atoms with Crippen LogP contribution in [0.1, 0.15) is 6.92 Å². The van der Waals surface area contributed by atoms with Crippen LogP contribution in [-0.2, 0) is 33.6 Å². The highest BCUT2D eigenvalue weighted by Gasteiger charge is 2.36. The first kappa shape index (κ1) is 37.6. The molecule has 2 heterocycles. The number of hydrogen-bond acceptors (Lipinski definition) is 13. The van der Waals surface area contributed by atoms with Crippen LogP contribution >= 0.6 is 11.8 Å². The van der Waals surface area contributed by atoms with Crippen LogP contribution in [0.2, 0.25) is 0 Å². The number of imide groups is 1. The molecular formula is C26H41N7O11S. The number of thioether (sulfide) groups is 1. The molecule has 0 aromatic heterocycles. The second-order valence-electron chi connectivity index (χ2n) is 10.6. The number of amides is 3. The molecule has 45 heavy (non-hydrogen) atoms. The van der Waals surface area contributed by atoms with Crippen LogP contribution < -0.4 is 11.1 Å². The molecule has 2 rings (SSSR count). The Morgan fingerprint density at radius 2 is 1.13 bits per heavy atom. The minimum absolute atomic E-state index is 0.0558. The third-order valence-electron chi connectivity index (χ3n) is 7.10. The van der Waals surface area contributed by atoms with E-state index in [-0.39, 0.29) is 108 Å². The standard InChI is InChI=1S/C26H41N7O11S/c1-17-23(45-16-18(27)26(43)44)25(42)33(24(17)41)3-2-28-19(34)12-29-4-6-30(13-20(35)36)8-10-32(15-22(39)40)11-9-31(7-5-29)14-21(37)38/h18H,2-16,27H2,1H3,(H,28,34)(H,35,36)(H,37,38)(H,39,40)(H,43,44)/t18-/m0/s1. The lowest BCUT2D eigenvalue weighted by Gasteiger charge is -2.32. The third-order valence-corrected chi connectivity index (χ3v) is 8.40. The van der Waals surface area contributed by atoms with Crippen molar-refractivity contribution in [3.05, 3.63) is 10.5 Å². The van der Waals surface area contributed by atoms with E-state index in [1.54, 1.807) is 19.6 Å². The summed E-state index contributed by atoms with van der Waals surface area (Å²) in [6, 6.07) is -1.21. The van der Waals surface area contributed by atoms with E-state index in [2.05, 4.69) is 5.32 Å². The van der Waals surface area contributed by atoms with Gasteiger partial charge in [-0.3, -0.25) is 58.1 Å². The van der Waals surface area contributed by atoms with Gasteiger partial charge in [0, 0.05) is 76.8 Å². The monoisotopic (exact) mass is 659 g/mol. The number of rotatable bonds is 15. The van der Waals surface area contributed by atoms with Crippen molar-refractivity contribution in [3.8, 4) is 0 Å². The Kier molecular flexibility index (Phi) is 15.3. The highest BCUT2D eigenvalue weighted by Crippen LogP contribution is 2.29. The summed E-state index contributed by atoms with van der Waals surface area (Å²) in [5.41, 5.74) is 5.65. The number of nitrogens with two attached hydrogens (primary N) is 1. The molecular weight excluding hydrogens is 618 g/mol. The quantitative estimate of drug-likeness (QED) is 0.0927. The van der Waals surface area contributed by atoms with Gasteiger partial charge in [0.1, 0.15) is 6.04 Å². The van der Waals surface area contributed by atoms with Gasteiger partial charge in [-0.15, -0.1) is 11.8 Å². The molecule has 19 heteroatoms. The Balaban J connectivity index is 2.00. The Morgan fingerprint density at radius 1 is 0.733 bits per heavy atom. The van der Waals surface area contributed by atoms with Gasteiger partial charge < -0.3 is 31.5 Å². The van der Waals surface area contributed by atoms with Crippen molar-refractivity contribution < 1.29 is 54.0 Å². The molecule has 18 nitrogen and oxygen atoms in total. The number of aliphatic carboxylic acids is 4. The number of carboxylic acids is 4. The number of nitrogens with one attached hydrogen (secondary N) is 1. The topological polar surface area (TPSA) is 255 Å². The molecule has 0 aromatic rings. The summed E-state index contributed by atoms with van der Waals surface area (Å²) < 4.78 is 0. The zero-order chi connectivity index (χ0) is 33.7. The molecule has 7 N–H and O–H groups in total. The van der Waals surface area contributed by atoms with Gasteiger partial charge in [0.05, 0.1) is 31.1 Å². The first-order valence-corrected chi connectivity index (χ1v) is 15.2. The van der Waals surface area contributed by atoms with E-state index in [0.717, 1.165) is 16.7 Å². The molecule has 252 valence electrons. The maximum Gasteiger partial charge on any atom is 0.321 e. The largest absolute Gasteiger partial charge is 0.480 e. The molecule has 0 aromatic carbocycles. The summed E-state index contributed by atoms with van der Waals surface area (Å²) in [7, 11) is 0. The molecule has 0 unspecified atom stereocenters. The fourth-order valence-electron chi connectivity index (χ4n) is 4.64. The van der Waals surface area contributed by atoms with Gasteiger partial charge in [-0.2, -0.15) is 0 Å². The molecule has 0 saturated carbocycles. The molecule has 1 atom stereocenters. The van der Waals surface area contributed by atoms with Crippen molar-refractivity contribution >= 4 is 53.4 Å². The molecule has 0 bridgehead atoms. The number of nitrogens with zero attached hydrogens (tertiary/aromatic N) is 5. The van der Waals surface area contributed by atoms with Crippen LogP contribution in [0.3, 0.4) is 0 Å². The van der Waals surface area contributed by atoms with E-state index in [1.165, 1.54) is 6.92 Å². The first-order valence-electron chi connectivity index (χ1n) is 14.2. The van der Waals surface area contributed by atoms with Crippen molar-refractivity contribution in [2.24, 2.45) is 5.73 Å². The van der Waals surface area contributed by atoms with Crippen molar-refractivity contribution in [2.75, 3.05) is 97.4 Å². The zero-order valence-corrected chi connectivity index (χ0v) is 25.9. The lowest BCUT2D eigenvalue weighted by molar-refractivity contribution is -0.140. The van der Waals surface area contributed by atoms with E-state index < -0.39 is 47.6 Å². The second-order valence-corrected chi connectivity index (χ2v) is 11.6. The summed E-state index contributed by atoms with van der Waals surface area (Å²) in [5.74, 6) is -6.11. The van der Waals surface area contributed by atoms with Crippen LogP contribution in [0.5, 0.6) is 0 Å². The molecule has 2 aliphatic heterocycles. The second kappa shape index (κ2) is 18.4. The van der Waals surface area contributed by atoms with Crippen molar-refractivity contribution in [1.29, 1.82) is 0 Å². The molecule has 1 fully saturated rings. The highest BCUT2D eigenvalue weighted by atomic mass is 32.2. The van der Waals surface area contributed by atoms with Crippen LogP contribution in [0.15, 0.2) is 10.5 Å². The number of carbonyl (C=O) groups is 7. The molecule has 2 aliphatic rings. The van der Waals surface area contributed by atoms with Crippen molar-refractivity contribution in [1.82, 2.24) is 29.8 Å². The fraction of sp³-hybridized carbons (Fsp3) is 0.654. The maximum atomic E-state index is 12.9. The van der Waals surface area contributed by atoms with Gasteiger partial charge in [-0.1, -0.05) is 0 Å². The van der Waals surface area contributed by atoms with Crippen molar-refractivity contribution in [2.45, 2.75) is 13.0 Å². The Hall–Kier alpha value is -3.62. The zero-order valence-electron chi connectivity index (χ0n) is 25.1. The summed E-state index contributed by atoms with van der Waals surface area (Å²) in [4.78, 5) is 91.1. The van der Waals surface area contributed by atoms with Gasteiger partial charge >= 0.3 is 23.9 Å². The van der Waals surface area contributed by atoms with E-state index in [9.17, 15) is 48.9 Å². The van der Waals surface area contributed by atoms with Crippen LogP contribution in [0, 0.1) is 0 Å². The average Bonchev–Trinajstić information content (AvgIpc) is 3.14. The summed E-state index contributed by atoms with van der Waals surface area (Å²) >= 11 is 0.885. The minimum Gasteiger partial charge on any atom is -0.480 e. The predicted molar refractivity (Wildman–Crippen MR) is 159 cm³/mol. The van der Waals surface area contributed by atoms with E-state index >= 15 is 0 Å². The van der Waals surface area contributed by atoms with Gasteiger partial charge in [-0.05, 0) is 6.92 Å². The van der Waals surface area contributed by atoms with Gasteiger partial charge in [0.2, 0.25) is 5.91 Å². The van der Waals surface area contributed by atoms with Gasteiger partial charge in [0.25, 0.3) is 11.8 Å². The van der Waals surface area contributed by atoms with Gasteiger partial charge in [0.15, 0.2) is 0 Å². The Bertz CT molecular complexity index is 1140. The lowest BCUT2D eigenvalue weighted by atomic mass is 10.3. The first-order chi connectivity index (χ1) is 21.2. The Morgan fingerprint density at radius 3 is 1.51 bits per heavy atom. The third kappa shape index (κ3) is 13.1. The molecule has 0 aliphatic carbocycles. The minimum atomic E-state index is -1.24. The van der Waals surface area contributed by atoms with Crippen LogP contribution in [-0.4, -0.2) is 190 Å². The number of hydrogen-bond donors (Lipinski definition) is 6. The molecule has 1 saturated heterocycles. The van der Waals surface area contributed by atoms with Crippen molar-refractivity contribution in [3.63, 3.8) is 0 Å². The smallest absolute Gasteiger partial charge is 0.321 e. The van der Waals surface area contributed by atoms with E-state index in [1.807, 2.05) is 0 Å². The van der Waals surface area contributed by atoms with E-state index in [0.29, 0.717) is 0 Å². The van der Waals surface area contributed by atoms with E-state index in [4.69, 9.17) is 10.8 Å². The number of carbonyl (C=O) groups excluding carboxylic acids is 3. The summed E-state index contributed by atoms with van der Waals surface area (Å²) in [5, 5.41) is 39.6. The van der Waals surface area contributed by atoms with Gasteiger partial charge in [-0.25, -0.2) is 0 Å². The molecule has 0 radical (unpaired) electrons. The molecule has 0 spiro atoms. The normalized spacial score (nSPS) is 19.2. The fourth-order valence-corrected chi connectivity index (χ4v) is 5.67. The summed E-state index contributed by atoms with van der Waals surface area (Å²) in [6.07, 6.45) is 0.